The van der Waals surface area contributed by atoms with E-state index in [1.807, 2.05) is 12.2 Å². The van der Waals surface area contributed by atoms with Crippen LogP contribution in [0.2, 0.25) is 0 Å². The largest absolute Gasteiger partial charge is 0.344 e. The van der Waals surface area contributed by atoms with Gasteiger partial charge in [-0.3, -0.25) is 0 Å². The number of benzene rings is 1. The molecule has 1 fully saturated rings. The lowest BCUT2D eigenvalue weighted by molar-refractivity contribution is 0.278. The molecule has 19 heavy (non-hydrogen) atoms. The number of fused-ring (bicyclic) bond motifs is 1. The fraction of sp³-hybridized carbons (Fsp3) is 0.333. The molecule has 1 nitrogen and oxygen atoms in total. The highest BCUT2D eigenvalue weighted by atomic mass is 15.0. The van der Waals surface area contributed by atoms with E-state index in [4.69, 9.17) is 0 Å². The van der Waals surface area contributed by atoms with Crippen molar-refractivity contribution in [1.82, 2.24) is 4.57 Å². The van der Waals surface area contributed by atoms with Gasteiger partial charge in [0.25, 0.3) is 0 Å². The number of para-hydroxylation sites is 1. The first-order valence-electron chi connectivity index (χ1n) is 7.18. The summed E-state index contributed by atoms with van der Waals surface area (Å²) in [4.78, 5) is 0. The third-order valence-electron chi connectivity index (χ3n) is 4.34. The molecule has 1 aromatic carbocycles. The molecular formula is C18H21N. The number of nitrogens with zero attached hydrogens (tertiary/aromatic N) is 1. The minimum Gasteiger partial charge on any atom is -0.344 e. The van der Waals surface area contributed by atoms with Crippen LogP contribution < -0.4 is 0 Å². The van der Waals surface area contributed by atoms with Crippen molar-refractivity contribution in [3.05, 3.63) is 54.3 Å². The molecule has 0 saturated heterocycles. The molecule has 1 aliphatic rings. The minimum absolute atomic E-state index is 0.880. The van der Waals surface area contributed by atoms with Crippen molar-refractivity contribution in [3.8, 4) is 0 Å². The fourth-order valence-corrected chi connectivity index (χ4v) is 3.00. The van der Waals surface area contributed by atoms with Crippen molar-refractivity contribution in [2.45, 2.75) is 32.7 Å². The van der Waals surface area contributed by atoms with Gasteiger partial charge in [0.05, 0.1) is 0 Å². The van der Waals surface area contributed by atoms with E-state index in [-0.39, 0.29) is 0 Å². The molecule has 0 bridgehead atoms. The van der Waals surface area contributed by atoms with Crippen molar-refractivity contribution < 1.29 is 0 Å². The third kappa shape index (κ3) is 2.14. The number of hydrogen-bond donors (Lipinski definition) is 0. The molecule has 3 rings (SSSR count). The van der Waals surface area contributed by atoms with Gasteiger partial charge in [0.15, 0.2) is 0 Å². The fourth-order valence-electron chi connectivity index (χ4n) is 3.00. The molecular weight excluding hydrogens is 230 g/mol. The molecule has 1 heteroatoms. The Labute approximate surface area is 115 Å². The van der Waals surface area contributed by atoms with Crippen LogP contribution in [0.4, 0.5) is 0 Å². The Morgan fingerprint density at radius 3 is 2.79 bits per heavy atom. The molecule has 0 radical (unpaired) electrons. The van der Waals surface area contributed by atoms with Gasteiger partial charge in [-0.1, -0.05) is 49.4 Å². The van der Waals surface area contributed by atoms with Crippen LogP contribution in [0.3, 0.4) is 0 Å². The van der Waals surface area contributed by atoms with Gasteiger partial charge in [0.1, 0.15) is 0 Å². The number of hydrogen-bond acceptors (Lipinski definition) is 0. The van der Waals surface area contributed by atoms with Crippen LogP contribution in [0.15, 0.2) is 43.0 Å². The summed E-state index contributed by atoms with van der Waals surface area (Å²) < 4.78 is 2.50. The topological polar surface area (TPSA) is 4.93 Å². The highest BCUT2D eigenvalue weighted by Gasteiger charge is 2.20. The molecule has 98 valence electrons. The quantitative estimate of drug-likeness (QED) is 0.678. The maximum absolute atomic E-state index is 3.77. The van der Waals surface area contributed by atoms with Crippen LogP contribution >= 0.6 is 0 Å². The van der Waals surface area contributed by atoms with Crippen molar-refractivity contribution >= 4 is 17.0 Å². The smallest absolute Gasteiger partial charge is 0.0488 e. The van der Waals surface area contributed by atoms with Gasteiger partial charge in [-0.25, -0.2) is 0 Å². The van der Waals surface area contributed by atoms with E-state index < -0.39 is 0 Å². The summed E-state index contributed by atoms with van der Waals surface area (Å²) in [7, 11) is 0. The van der Waals surface area contributed by atoms with E-state index in [1.165, 1.54) is 48.0 Å². The van der Waals surface area contributed by atoms with E-state index in [0.29, 0.717) is 0 Å². The average molecular weight is 251 g/mol. The van der Waals surface area contributed by atoms with Gasteiger partial charge in [-0.05, 0) is 31.7 Å². The van der Waals surface area contributed by atoms with Gasteiger partial charge in [-0.15, -0.1) is 0 Å². The standard InChI is InChI=1S/C18H21N/c1-3-4-10-16-14(2)19(13-15-8-7-9-15)18-12-6-5-11-17(16)18/h3-6,10-12,15H,1,7-9,13H2,2H3/b10-4-. The molecule has 1 heterocycles. The maximum atomic E-state index is 3.77. The first kappa shape index (κ1) is 12.3. The maximum Gasteiger partial charge on any atom is 0.0488 e. The summed E-state index contributed by atoms with van der Waals surface area (Å²) in [6.07, 6.45) is 10.3. The minimum atomic E-state index is 0.880. The Bertz CT molecular complexity index is 626. The molecule has 2 aromatic rings. The summed E-state index contributed by atoms with van der Waals surface area (Å²) in [5.41, 5.74) is 4.09. The average Bonchev–Trinajstić information content (AvgIpc) is 2.64. The molecule has 0 atom stereocenters. The van der Waals surface area contributed by atoms with E-state index >= 15 is 0 Å². The number of aromatic nitrogens is 1. The van der Waals surface area contributed by atoms with Gasteiger partial charge < -0.3 is 4.57 Å². The zero-order valence-corrected chi connectivity index (χ0v) is 11.6. The Morgan fingerprint density at radius 1 is 1.32 bits per heavy atom. The van der Waals surface area contributed by atoms with Crippen LogP contribution in [-0.4, -0.2) is 4.57 Å². The summed E-state index contributed by atoms with van der Waals surface area (Å²) >= 11 is 0. The Balaban J connectivity index is 2.11. The molecule has 1 saturated carbocycles. The Hall–Kier alpha value is -1.76. The second-order valence-electron chi connectivity index (χ2n) is 5.52. The third-order valence-corrected chi connectivity index (χ3v) is 4.34. The predicted octanol–water partition coefficient (Wildman–Crippen LogP) is 4.95. The van der Waals surface area contributed by atoms with Crippen molar-refractivity contribution in [2.24, 2.45) is 5.92 Å². The lowest BCUT2D eigenvalue weighted by Gasteiger charge is -2.26. The molecule has 1 aromatic heterocycles. The second kappa shape index (κ2) is 5.08. The zero-order valence-electron chi connectivity index (χ0n) is 11.6. The molecule has 0 unspecified atom stereocenters. The van der Waals surface area contributed by atoms with Crippen molar-refractivity contribution in [1.29, 1.82) is 0 Å². The van der Waals surface area contributed by atoms with Gasteiger partial charge in [0, 0.05) is 28.7 Å². The lowest BCUT2D eigenvalue weighted by Crippen LogP contribution is -2.18. The highest BCUT2D eigenvalue weighted by Crippen LogP contribution is 2.33. The second-order valence-corrected chi connectivity index (χ2v) is 5.52. The summed E-state index contributed by atoms with van der Waals surface area (Å²) in [6.45, 7) is 7.18. The summed E-state index contributed by atoms with van der Waals surface area (Å²) in [5.74, 6) is 0.880. The highest BCUT2D eigenvalue weighted by molar-refractivity contribution is 5.91. The van der Waals surface area contributed by atoms with Crippen LogP contribution in [0.1, 0.15) is 30.5 Å². The molecule has 0 aliphatic heterocycles. The van der Waals surface area contributed by atoms with Crippen molar-refractivity contribution in [2.75, 3.05) is 0 Å². The SMILES string of the molecule is C=C/C=C\c1c(C)n(CC2CCC2)c2ccccc12. The molecule has 1 aliphatic carbocycles. The van der Waals surface area contributed by atoms with Crippen LogP contribution in [-0.2, 0) is 6.54 Å². The van der Waals surface area contributed by atoms with Crippen molar-refractivity contribution in [3.63, 3.8) is 0 Å². The molecule has 0 spiro atoms. The first-order chi connectivity index (χ1) is 9.31. The summed E-state index contributed by atoms with van der Waals surface area (Å²) in [5, 5.41) is 1.36. The summed E-state index contributed by atoms with van der Waals surface area (Å²) in [6, 6.07) is 8.73. The molecule has 0 N–H and O–H groups in total. The van der Waals surface area contributed by atoms with Crippen LogP contribution in [0, 0.1) is 12.8 Å². The lowest BCUT2D eigenvalue weighted by atomic mass is 9.85. The van der Waals surface area contributed by atoms with Gasteiger partial charge in [-0.2, -0.15) is 0 Å². The van der Waals surface area contributed by atoms with E-state index in [2.05, 4.69) is 48.4 Å². The van der Waals surface area contributed by atoms with E-state index in [9.17, 15) is 0 Å². The predicted molar refractivity (Wildman–Crippen MR) is 83.2 cm³/mol. The monoisotopic (exact) mass is 251 g/mol. The first-order valence-corrected chi connectivity index (χ1v) is 7.18. The number of allylic oxidation sites excluding steroid dienone is 2. The molecule has 0 amide bonds. The van der Waals surface area contributed by atoms with Gasteiger partial charge >= 0.3 is 0 Å². The zero-order chi connectivity index (χ0) is 13.2. The van der Waals surface area contributed by atoms with Gasteiger partial charge in [0.2, 0.25) is 0 Å². The van der Waals surface area contributed by atoms with E-state index in [0.717, 1.165) is 5.92 Å². The van der Waals surface area contributed by atoms with E-state index in [1.54, 1.807) is 0 Å². The number of rotatable bonds is 4. The van der Waals surface area contributed by atoms with Crippen LogP contribution in [0.5, 0.6) is 0 Å². The Kier molecular flexibility index (Phi) is 3.29. The Morgan fingerprint density at radius 2 is 2.11 bits per heavy atom. The van der Waals surface area contributed by atoms with Crippen LogP contribution in [0.25, 0.3) is 17.0 Å². The normalized spacial score (nSPS) is 16.1.